The van der Waals surface area contributed by atoms with Gasteiger partial charge in [-0.1, -0.05) is 43.7 Å². The molecule has 5 rings (SSSR count). The summed E-state index contributed by atoms with van der Waals surface area (Å²) in [5.74, 6) is -0.914. The van der Waals surface area contributed by atoms with Gasteiger partial charge in [0.25, 0.3) is 0 Å². The van der Waals surface area contributed by atoms with Crippen molar-refractivity contribution < 1.29 is 34.4 Å². The molecule has 0 aliphatic heterocycles. The van der Waals surface area contributed by atoms with Crippen LogP contribution in [-0.4, -0.2) is 45.7 Å². The van der Waals surface area contributed by atoms with Gasteiger partial charge in [-0.05, 0) is 105 Å². The van der Waals surface area contributed by atoms with Crippen LogP contribution in [-0.2, 0) is 25.7 Å². The number of aliphatic hydroxyl groups is 3. The smallest absolute Gasteiger partial charge is 0.325 e. The number of benzene rings is 1. The highest BCUT2D eigenvalue weighted by Gasteiger charge is 2.65. The number of ketones is 2. The Kier molecular flexibility index (Phi) is 9.31. The number of carbonyl (C=O) groups excluding carboxylic acids is 2. The number of rotatable bonds is 9. The van der Waals surface area contributed by atoms with Crippen molar-refractivity contribution in [1.82, 2.24) is 0 Å². The predicted octanol–water partition coefficient (Wildman–Crippen LogP) is 5.64. The molecule has 8 heteroatoms. The van der Waals surface area contributed by atoms with Crippen molar-refractivity contribution >= 4 is 17.3 Å². The number of nitrogens with two attached hydrogens (primary N) is 1. The van der Waals surface area contributed by atoms with Gasteiger partial charge in [0.1, 0.15) is 25.1 Å². The van der Waals surface area contributed by atoms with Gasteiger partial charge in [-0.15, -0.1) is 0 Å². The molecule has 0 aromatic heterocycles. The third-order valence-electron chi connectivity index (χ3n) is 10.8. The van der Waals surface area contributed by atoms with Crippen LogP contribution in [0.2, 0.25) is 0 Å². The Bertz CT molecular complexity index is 1530. The number of Topliss-reactive ketones (excluding diaryl/α,β-unsaturated/α-hetero) is 1. The van der Waals surface area contributed by atoms with Crippen molar-refractivity contribution in [3.63, 3.8) is 0 Å². The minimum Gasteiger partial charge on any atom is -0.489 e. The summed E-state index contributed by atoms with van der Waals surface area (Å²) in [6.45, 7) is 7.40. The Morgan fingerprint density at radius 2 is 1.98 bits per heavy atom. The molecule has 4 aliphatic carbocycles. The van der Waals surface area contributed by atoms with Crippen LogP contribution in [0, 0.1) is 34.5 Å². The maximum atomic E-state index is 13.3. The number of para-hydroxylation sites is 1. The van der Waals surface area contributed by atoms with E-state index in [1.807, 2.05) is 50.3 Å². The van der Waals surface area contributed by atoms with Gasteiger partial charge in [-0.25, -0.2) is 0 Å². The van der Waals surface area contributed by atoms with Crippen LogP contribution < -0.4 is 5.73 Å². The van der Waals surface area contributed by atoms with E-state index in [9.17, 15) is 24.9 Å². The fourth-order valence-electron chi connectivity index (χ4n) is 8.75. The highest BCUT2D eigenvalue weighted by atomic mass is 16.6. The summed E-state index contributed by atoms with van der Waals surface area (Å²) in [5.41, 5.74) is 11.0. The van der Waals surface area contributed by atoms with Crippen LogP contribution in [0.5, 0.6) is 0 Å². The number of allylic oxidation sites excluding steroid dienone is 8. The zero-order valence-electron chi connectivity index (χ0n) is 26.5. The molecule has 45 heavy (non-hydrogen) atoms. The van der Waals surface area contributed by atoms with Crippen molar-refractivity contribution in [3.05, 3.63) is 94.9 Å². The highest BCUT2D eigenvalue weighted by molar-refractivity contribution is 6.01. The van der Waals surface area contributed by atoms with E-state index in [1.54, 1.807) is 31.2 Å². The van der Waals surface area contributed by atoms with Crippen LogP contribution in [0.25, 0.3) is 0 Å². The molecule has 5 N–H and O–H groups in total. The van der Waals surface area contributed by atoms with Gasteiger partial charge in [0.15, 0.2) is 11.6 Å². The SMILES string of the molecule is C/C=C(\C=C/C(C)=C=C(O)O[C@@H]1CC2[C@@H]3CCC4=CC(=O)C=C[C@]4(C)C3[C@@H](O)C[C@]2(C)[C@H]1C(=O)CO)OCc1ccccc1N. The van der Waals surface area contributed by atoms with E-state index in [-0.39, 0.29) is 29.3 Å². The highest BCUT2D eigenvalue weighted by Crippen LogP contribution is 2.66. The minimum atomic E-state index is -0.704. The normalized spacial score (nSPS) is 33.9. The monoisotopic (exact) mass is 615 g/mol. The first-order valence-electron chi connectivity index (χ1n) is 15.8. The molecule has 0 heterocycles. The molecule has 0 bridgehead atoms. The summed E-state index contributed by atoms with van der Waals surface area (Å²) < 4.78 is 11.9. The van der Waals surface area contributed by atoms with E-state index in [2.05, 4.69) is 12.7 Å². The summed E-state index contributed by atoms with van der Waals surface area (Å²) in [7, 11) is 0. The van der Waals surface area contributed by atoms with Crippen LogP contribution in [0.1, 0.15) is 58.9 Å². The van der Waals surface area contributed by atoms with Gasteiger partial charge in [-0.3, -0.25) is 9.59 Å². The Balaban J connectivity index is 1.35. The van der Waals surface area contributed by atoms with Crippen LogP contribution in [0.15, 0.2) is 89.3 Å². The van der Waals surface area contributed by atoms with Crippen LogP contribution >= 0.6 is 0 Å². The van der Waals surface area contributed by atoms with E-state index in [4.69, 9.17) is 15.2 Å². The van der Waals surface area contributed by atoms with Crippen LogP contribution in [0.4, 0.5) is 5.69 Å². The van der Waals surface area contributed by atoms with E-state index in [1.165, 1.54) is 0 Å². The summed E-state index contributed by atoms with van der Waals surface area (Å²) >= 11 is 0. The fraction of sp³-hybridized carbons (Fsp3) is 0.486. The summed E-state index contributed by atoms with van der Waals surface area (Å²) in [6.07, 6.45) is 11.6. The Morgan fingerprint density at radius 1 is 1.22 bits per heavy atom. The first kappa shape index (κ1) is 32.6. The largest absolute Gasteiger partial charge is 0.489 e. The fourth-order valence-corrected chi connectivity index (χ4v) is 8.75. The molecular weight excluding hydrogens is 570 g/mol. The average Bonchev–Trinajstić information content (AvgIpc) is 3.28. The summed E-state index contributed by atoms with van der Waals surface area (Å²) in [4.78, 5) is 25.4. The van der Waals surface area contributed by atoms with Gasteiger partial charge in [0.05, 0.1) is 12.0 Å². The van der Waals surface area contributed by atoms with Gasteiger partial charge in [-0.2, -0.15) is 0 Å². The first-order valence-corrected chi connectivity index (χ1v) is 15.8. The van der Waals surface area contributed by atoms with Crippen molar-refractivity contribution in [2.75, 3.05) is 12.3 Å². The zero-order chi connectivity index (χ0) is 32.5. The van der Waals surface area contributed by atoms with E-state index in [0.29, 0.717) is 36.5 Å². The van der Waals surface area contributed by atoms with E-state index in [0.717, 1.165) is 24.0 Å². The topological polar surface area (TPSA) is 139 Å². The third kappa shape index (κ3) is 6.19. The average molecular weight is 616 g/mol. The lowest BCUT2D eigenvalue weighted by Gasteiger charge is -2.58. The summed E-state index contributed by atoms with van der Waals surface area (Å²) in [6, 6.07) is 7.50. The summed E-state index contributed by atoms with van der Waals surface area (Å²) in [5, 5.41) is 32.5. The molecule has 3 fully saturated rings. The standard InChI is InChI=1S/C37H45NO7/c1-5-26(44-21-23-8-6-7-9-29(23)38)12-10-22(2)16-33(43)45-32-18-28-27-13-11-24-17-25(40)14-15-36(24,3)34(27)30(41)19-37(28,4)35(32)31(42)20-39/h5-10,12,14-15,17,27-28,30,32,34-35,39,41,43H,11,13,18-21,38H2,1-4H3/b12-10-,26-5+/t16?,27-,28?,30-,32+,34?,35-,36-,37-/m0/s1. The number of carbonyl (C=O) groups is 2. The van der Waals surface area contributed by atoms with E-state index < -0.39 is 41.5 Å². The van der Waals surface area contributed by atoms with Crippen LogP contribution in [0.3, 0.4) is 0 Å². The van der Waals surface area contributed by atoms with Gasteiger partial charge < -0.3 is 30.5 Å². The Morgan fingerprint density at radius 3 is 2.69 bits per heavy atom. The molecule has 2 unspecified atom stereocenters. The Hall–Kier alpha value is -3.84. The molecule has 1 aromatic rings. The number of ether oxygens (including phenoxy) is 2. The number of fused-ring (bicyclic) bond motifs is 5. The number of anilines is 1. The second kappa shape index (κ2) is 12.9. The molecule has 1 aromatic carbocycles. The van der Waals surface area contributed by atoms with E-state index >= 15 is 0 Å². The number of aliphatic hydroxyl groups excluding tert-OH is 3. The molecule has 4 aliphatic rings. The van der Waals surface area contributed by atoms with Gasteiger partial charge in [0, 0.05) is 22.6 Å². The quantitative estimate of drug-likeness (QED) is 0.121. The lowest BCUT2D eigenvalue weighted by molar-refractivity contribution is -0.145. The third-order valence-corrected chi connectivity index (χ3v) is 10.8. The number of hydrogen-bond donors (Lipinski definition) is 4. The molecule has 0 spiro atoms. The molecular formula is C37H45NO7. The maximum Gasteiger partial charge on any atom is 0.325 e. The van der Waals surface area contributed by atoms with Crippen molar-refractivity contribution in [2.24, 2.45) is 34.5 Å². The first-order chi connectivity index (χ1) is 21.4. The van der Waals surface area contributed by atoms with Crippen molar-refractivity contribution in [2.45, 2.75) is 72.2 Å². The Labute approximate surface area is 265 Å². The molecule has 0 radical (unpaired) electrons. The molecule has 0 amide bonds. The zero-order valence-corrected chi connectivity index (χ0v) is 26.5. The second-order valence-corrected chi connectivity index (χ2v) is 13.4. The lowest BCUT2D eigenvalue weighted by Crippen LogP contribution is -2.56. The molecule has 240 valence electrons. The minimum absolute atomic E-state index is 0.0200. The lowest BCUT2D eigenvalue weighted by atomic mass is 9.46. The van der Waals surface area contributed by atoms with Gasteiger partial charge in [0.2, 0.25) is 0 Å². The predicted molar refractivity (Wildman–Crippen MR) is 171 cm³/mol. The molecule has 0 saturated heterocycles. The molecule has 3 saturated carbocycles. The molecule has 8 nitrogen and oxygen atoms in total. The van der Waals surface area contributed by atoms with Crippen molar-refractivity contribution in [1.29, 1.82) is 0 Å². The number of nitrogen functional groups attached to an aromatic ring is 1. The second-order valence-electron chi connectivity index (χ2n) is 13.4. The number of hydrogen-bond acceptors (Lipinski definition) is 8. The van der Waals surface area contributed by atoms with Gasteiger partial charge >= 0.3 is 5.95 Å². The van der Waals surface area contributed by atoms with Crippen molar-refractivity contribution in [3.8, 4) is 0 Å². The maximum absolute atomic E-state index is 13.3. The molecule has 8 atom stereocenters.